The van der Waals surface area contributed by atoms with Gasteiger partial charge in [0.15, 0.2) is 0 Å². The second kappa shape index (κ2) is 7.68. The largest absolute Gasteiger partial charge is 0.396 e. The van der Waals surface area contributed by atoms with Gasteiger partial charge in [-0.25, -0.2) is 0 Å². The van der Waals surface area contributed by atoms with Gasteiger partial charge in [-0.3, -0.25) is 19.7 Å². The van der Waals surface area contributed by atoms with E-state index in [1.54, 1.807) is 0 Å². The minimum Gasteiger partial charge on any atom is -0.396 e. The molecule has 124 valence electrons. The molecule has 0 bridgehead atoms. The molecule has 2 N–H and O–H groups in total. The van der Waals surface area contributed by atoms with Gasteiger partial charge in [-0.1, -0.05) is 0 Å². The maximum Gasteiger partial charge on any atom is 0.313 e. The number of hydrogen-bond acceptors (Lipinski definition) is 5. The van der Waals surface area contributed by atoms with Gasteiger partial charge < -0.3 is 15.3 Å². The van der Waals surface area contributed by atoms with Crippen molar-refractivity contribution in [3.05, 3.63) is 34.4 Å². The van der Waals surface area contributed by atoms with Gasteiger partial charge in [0.05, 0.1) is 4.92 Å². The molecule has 1 heterocycles. The van der Waals surface area contributed by atoms with Gasteiger partial charge in [0.1, 0.15) is 0 Å². The number of carbonyl (C=O) groups excluding carboxylic acids is 2. The number of likely N-dealkylation sites (tertiary alicyclic amines) is 1. The van der Waals surface area contributed by atoms with Crippen LogP contribution in [-0.2, 0) is 9.59 Å². The monoisotopic (exact) mass is 321 g/mol. The first-order valence-corrected chi connectivity index (χ1v) is 7.50. The highest BCUT2D eigenvalue weighted by Gasteiger charge is 2.30. The van der Waals surface area contributed by atoms with Crippen molar-refractivity contribution in [3.8, 4) is 0 Å². The zero-order valence-electron chi connectivity index (χ0n) is 12.6. The lowest BCUT2D eigenvalue weighted by Gasteiger charge is -2.35. The molecule has 1 atom stereocenters. The third-order valence-electron chi connectivity index (χ3n) is 3.88. The first-order chi connectivity index (χ1) is 11.0. The van der Waals surface area contributed by atoms with Crippen molar-refractivity contribution in [1.29, 1.82) is 0 Å². The van der Waals surface area contributed by atoms with Crippen LogP contribution < -0.4 is 5.32 Å². The van der Waals surface area contributed by atoms with Crippen LogP contribution in [0.15, 0.2) is 24.3 Å². The number of rotatable bonds is 4. The number of nitrogens with zero attached hydrogens (tertiary/aromatic N) is 2. The number of nitro groups is 1. The summed E-state index contributed by atoms with van der Waals surface area (Å²) >= 11 is 0. The SMILES string of the molecule is O=C(Nc1ccc([N+](=O)[O-])cc1)C(=O)N1CCCCC1CCO. The van der Waals surface area contributed by atoms with Crippen molar-refractivity contribution in [2.75, 3.05) is 18.5 Å². The quantitative estimate of drug-likeness (QED) is 0.493. The van der Waals surface area contributed by atoms with Crippen LogP contribution in [0, 0.1) is 10.1 Å². The number of aliphatic hydroxyl groups excluding tert-OH is 1. The Bertz CT molecular complexity index is 585. The van der Waals surface area contributed by atoms with Crippen LogP contribution in [0.2, 0.25) is 0 Å². The minimum atomic E-state index is -0.774. The fraction of sp³-hybridized carbons (Fsp3) is 0.467. The Balaban J connectivity index is 2.01. The van der Waals surface area contributed by atoms with Crippen LogP contribution in [0.3, 0.4) is 0 Å². The normalized spacial score (nSPS) is 17.6. The molecule has 1 saturated heterocycles. The molecule has 1 aromatic rings. The molecule has 1 unspecified atom stereocenters. The number of amides is 2. The van der Waals surface area contributed by atoms with Gasteiger partial charge in [-0.15, -0.1) is 0 Å². The summed E-state index contributed by atoms with van der Waals surface area (Å²) in [5.41, 5.74) is 0.234. The summed E-state index contributed by atoms with van der Waals surface area (Å²) in [4.78, 5) is 35.9. The maximum atomic E-state index is 12.3. The van der Waals surface area contributed by atoms with E-state index in [9.17, 15) is 19.7 Å². The second-order valence-electron chi connectivity index (χ2n) is 5.42. The highest BCUT2D eigenvalue weighted by atomic mass is 16.6. The summed E-state index contributed by atoms with van der Waals surface area (Å²) in [6, 6.07) is 5.16. The molecule has 8 heteroatoms. The van der Waals surface area contributed by atoms with Gasteiger partial charge in [-0.2, -0.15) is 0 Å². The molecule has 2 amide bonds. The Kier molecular flexibility index (Phi) is 5.64. The van der Waals surface area contributed by atoms with Crippen LogP contribution in [-0.4, -0.2) is 45.9 Å². The first kappa shape index (κ1) is 16.9. The van der Waals surface area contributed by atoms with E-state index in [2.05, 4.69) is 5.32 Å². The van der Waals surface area contributed by atoms with E-state index in [0.717, 1.165) is 19.3 Å². The number of non-ortho nitro benzene ring substituents is 1. The van der Waals surface area contributed by atoms with Crippen molar-refractivity contribution in [2.45, 2.75) is 31.7 Å². The number of nitrogens with one attached hydrogen (secondary N) is 1. The Morgan fingerprint density at radius 1 is 1.30 bits per heavy atom. The molecule has 0 radical (unpaired) electrons. The number of piperidine rings is 1. The number of carbonyl (C=O) groups is 2. The number of anilines is 1. The summed E-state index contributed by atoms with van der Waals surface area (Å²) in [7, 11) is 0. The molecule has 1 aliphatic rings. The fourth-order valence-electron chi connectivity index (χ4n) is 2.70. The van der Waals surface area contributed by atoms with Crippen molar-refractivity contribution in [3.63, 3.8) is 0 Å². The summed E-state index contributed by atoms with van der Waals surface area (Å²) in [5.74, 6) is -1.41. The number of nitro benzene ring substituents is 1. The summed E-state index contributed by atoms with van der Waals surface area (Å²) < 4.78 is 0. The van der Waals surface area contributed by atoms with E-state index in [1.165, 1.54) is 29.2 Å². The highest BCUT2D eigenvalue weighted by Crippen LogP contribution is 2.20. The Morgan fingerprint density at radius 2 is 2.00 bits per heavy atom. The van der Waals surface area contributed by atoms with Gasteiger partial charge in [0.2, 0.25) is 0 Å². The van der Waals surface area contributed by atoms with E-state index in [0.29, 0.717) is 18.7 Å². The standard InChI is InChI=1S/C15H19N3O5/c19-10-8-12-3-1-2-9-17(12)15(21)14(20)16-11-4-6-13(7-5-11)18(22)23/h4-7,12,19H,1-3,8-10H2,(H,16,20). The topological polar surface area (TPSA) is 113 Å². The smallest absolute Gasteiger partial charge is 0.313 e. The Hall–Kier alpha value is -2.48. The van der Waals surface area contributed by atoms with Gasteiger partial charge in [0, 0.05) is 37.0 Å². The highest BCUT2D eigenvalue weighted by molar-refractivity contribution is 6.39. The van der Waals surface area contributed by atoms with E-state index in [-0.39, 0.29) is 18.3 Å². The van der Waals surface area contributed by atoms with Crippen molar-refractivity contribution in [1.82, 2.24) is 4.90 Å². The Morgan fingerprint density at radius 3 is 2.61 bits per heavy atom. The Labute approximate surface area is 133 Å². The summed E-state index contributed by atoms with van der Waals surface area (Å²) in [5, 5.41) is 22.1. The predicted molar refractivity (Wildman–Crippen MR) is 82.8 cm³/mol. The molecule has 23 heavy (non-hydrogen) atoms. The number of benzene rings is 1. The average Bonchev–Trinajstić information content (AvgIpc) is 2.55. The third kappa shape index (κ3) is 4.26. The molecule has 8 nitrogen and oxygen atoms in total. The van der Waals surface area contributed by atoms with Crippen molar-refractivity contribution in [2.24, 2.45) is 0 Å². The molecule has 0 aromatic heterocycles. The molecule has 0 saturated carbocycles. The van der Waals surface area contributed by atoms with E-state index in [1.807, 2.05) is 0 Å². The number of aliphatic hydroxyl groups is 1. The average molecular weight is 321 g/mol. The molecule has 2 rings (SSSR count). The summed E-state index contributed by atoms with van der Waals surface area (Å²) in [6.07, 6.45) is 3.03. The van der Waals surface area contributed by atoms with Gasteiger partial charge in [0.25, 0.3) is 5.69 Å². The first-order valence-electron chi connectivity index (χ1n) is 7.50. The fourth-order valence-corrected chi connectivity index (χ4v) is 2.70. The zero-order valence-corrected chi connectivity index (χ0v) is 12.6. The molecular weight excluding hydrogens is 302 g/mol. The molecule has 1 aromatic carbocycles. The van der Waals surface area contributed by atoms with Crippen molar-refractivity contribution >= 4 is 23.2 Å². The lowest BCUT2D eigenvalue weighted by atomic mass is 9.99. The predicted octanol–water partition coefficient (Wildman–Crippen LogP) is 1.30. The lowest BCUT2D eigenvalue weighted by Crippen LogP contribution is -2.48. The number of hydrogen-bond donors (Lipinski definition) is 2. The van der Waals surface area contributed by atoms with Gasteiger partial charge in [-0.05, 0) is 37.8 Å². The molecule has 1 aliphatic heterocycles. The third-order valence-corrected chi connectivity index (χ3v) is 3.88. The minimum absolute atomic E-state index is 0.0293. The maximum absolute atomic E-state index is 12.3. The van der Waals surface area contributed by atoms with E-state index >= 15 is 0 Å². The van der Waals surface area contributed by atoms with Crippen LogP contribution in [0.5, 0.6) is 0 Å². The zero-order chi connectivity index (χ0) is 16.8. The van der Waals surface area contributed by atoms with Crippen LogP contribution >= 0.6 is 0 Å². The lowest BCUT2D eigenvalue weighted by molar-refractivity contribution is -0.384. The van der Waals surface area contributed by atoms with Crippen molar-refractivity contribution < 1.29 is 19.6 Å². The molecular formula is C15H19N3O5. The molecule has 1 fully saturated rings. The van der Waals surface area contributed by atoms with Gasteiger partial charge >= 0.3 is 11.8 Å². The molecule has 0 aliphatic carbocycles. The summed E-state index contributed by atoms with van der Waals surface area (Å²) in [6.45, 7) is 0.468. The van der Waals surface area contributed by atoms with Crippen LogP contribution in [0.4, 0.5) is 11.4 Å². The second-order valence-corrected chi connectivity index (χ2v) is 5.42. The molecule has 0 spiro atoms. The van der Waals surface area contributed by atoms with Crippen LogP contribution in [0.1, 0.15) is 25.7 Å². The van der Waals surface area contributed by atoms with E-state index < -0.39 is 16.7 Å². The van der Waals surface area contributed by atoms with Crippen LogP contribution in [0.25, 0.3) is 0 Å². The van der Waals surface area contributed by atoms with E-state index in [4.69, 9.17) is 5.11 Å².